The summed E-state index contributed by atoms with van der Waals surface area (Å²) < 4.78 is 45.6. The largest absolute Gasteiger partial charge is 0.443 e. The van der Waals surface area contributed by atoms with Crippen LogP contribution in [0.5, 0.6) is 0 Å². The van der Waals surface area contributed by atoms with E-state index in [1.807, 2.05) is 0 Å². The predicted octanol–water partition coefficient (Wildman–Crippen LogP) is 3.92. The van der Waals surface area contributed by atoms with Crippen LogP contribution in [0.1, 0.15) is 37.5 Å². The maximum absolute atomic E-state index is 12.9. The number of hydrogen-bond acceptors (Lipinski definition) is 4. The monoisotopic (exact) mass is 450 g/mol. The summed E-state index contributed by atoms with van der Waals surface area (Å²) in [4.78, 5) is 26.1. The summed E-state index contributed by atoms with van der Waals surface area (Å²) in [5.41, 5.74) is -0.175. The highest BCUT2D eigenvalue weighted by molar-refractivity contribution is 5.89. The van der Waals surface area contributed by atoms with E-state index in [0.29, 0.717) is 23.5 Å². The van der Waals surface area contributed by atoms with Crippen LogP contribution in [0.4, 0.5) is 23.8 Å². The first kappa shape index (κ1) is 23.4. The van der Waals surface area contributed by atoms with Crippen LogP contribution >= 0.6 is 0 Å². The van der Waals surface area contributed by atoms with Gasteiger partial charge in [0.15, 0.2) is 0 Å². The number of aromatic nitrogens is 2. The molecule has 10 heteroatoms. The molecular formula is C22H25F3N4O3. The Morgan fingerprint density at radius 1 is 1.22 bits per heavy atom. The number of nitrogens with one attached hydrogen (secondary N) is 1. The number of nitrogens with zero attached hydrogens (tertiary/aromatic N) is 3. The molecule has 1 aliphatic heterocycles. The SMILES string of the molecule is C=CC(=O)NC1CN(C(=O)OC(C)(C)C)c2c(Cc3ccc(C(F)(F)F)cc3)cnn2C1. The number of carbonyl (C=O) groups is 2. The van der Waals surface area contributed by atoms with Crippen molar-refractivity contribution in [2.45, 2.75) is 51.6 Å². The molecular weight excluding hydrogens is 425 g/mol. The molecule has 1 aromatic heterocycles. The van der Waals surface area contributed by atoms with Crippen LogP contribution in [0.25, 0.3) is 0 Å². The maximum Gasteiger partial charge on any atom is 0.416 e. The minimum atomic E-state index is -4.41. The molecule has 1 unspecified atom stereocenters. The summed E-state index contributed by atoms with van der Waals surface area (Å²) in [6, 6.07) is 4.44. The lowest BCUT2D eigenvalue weighted by molar-refractivity contribution is -0.137. The number of ether oxygens (including phenoxy) is 1. The normalized spacial score (nSPS) is 16.3. The zero-order valence-corrected chi connectivity index (χ0v) is 18.1. The molecule has 0 fully saturated rings. The summed E-state index contributed by atoms with van der Waals surface area (Å²) in [5, 5.41) is 7.09. The van der Waals surface area contributed by atoms with Crippen LogP contribution in [0.2, 0.25) is 0 Å². The standard InChI is InChI=1S/C22H25F3N4O3/c1-5-18(30)27-17-12-28(20(31)32-21(2,3)4)19-15(11-26-29(19)13-17)10-14-6-8-16(9-7-14)22(23,24)25/h5-9,11,17H,1,10,12-13H2,2-4H3,(H,27,30). The van der Waals surface area contributed by atoms with Crippen molar-refractivity contribution in [1.82, 2.24) is 15.1 Å². The molecule has 1 aromatic carbocycles. The number of anilines is 1. The lowest BCUT2D eigenvalue weighted by Gasteiger charge is -2.35. The van der Waals surface area contributed by atoms with Crippen LogP contribution in [-0.2, 0) is 28.7 Å². The van der Waals surface area contributed by atoms with Crippen LogP contribution in [0, 0.1) is 0 Å². The fourth-order valence-electron chi connectivity index (χ4n) is 3.42. The van der Waals surface area contributed by atoms with Crippen molar-refractivity contribution < 1.29 is 27.5 Å². The van der Waals surface area contributed by atoms with Crippen molar-refractivity contribution in [3.63, 3.8) is 0 Å². The fourth-order valence-corrected chi connectivity index (χ4v) is 3.42. The van der Waals surface area contributed by atoms with Crippen molar-refractivity contribution in [2.24, 2.45) is 0 Å². The smallest absolute Gasteiger partial charge is 0.416 e. The Hall–Kier alpha value is -3.30. The number of hydrogen-bond donors (Lipinski definition) is 1. The van der Waals surface area contributed by atoms with Crippen molar-refractivity contribution in [3.05, 3.63) is 59.8 Å². The number of benzene rings is 1. The van der Waals surface area contributed by atoms with Gasteiger partial charge in [-0.1, -0.05) is 18.7 Å². The molecule has 0 bridgehead atoms. The van der Waals surface area contributed by atoms with Crippen LogP contribution in [-0.4, -0.2) is 40.0 Å². The molecule has 7 nitrogen and oxygen atoms in total. The quantitative estimate of drug-likeness (QED) is 0.717. The van der Waals surface area contributed by atoms with Gasteiger partial charge in [-0.25, -0.2) is 9.48 Å². The zero-order valence-electron chi connectivity index (χ0n) is 18.1. The number of carbonyl (C=O) groups excluding carboxylic acids is 2. The molecule has 1 atom stereocenters. The minimum absolute atomic E-state index is 0.153. The Labute approximate surface area is 183 Å². The van der Waals surface area contributed by atoms with Gasteiger partial charge in [-0.15, -0.1) is 0 Å². The van der Waals surface area contributed by atoms with Gasteiger partial charge in [0.05, 0.1) is 30.9 Å². The van der Waals surface area contributed by atoms with E-state index in [1.54, 1.807) is 31.6 Å². The van der Waals surface area contributed by atoms with Gasteiger partial charge < -0.3 is 10.1 Å². The van der Waals surface area contributed by atoms with Crippen molar-refractivity contribution >= 4 is 17.8 Å². The molecule has 2 aromatic rings. The minimum Gasteiger partial charge on any atom is -0.443 e. The van der Waals surface area contributed by atoms with E-state index in [0.717, 1.165) is 18.2 Å². The summed E-state index contributed by atoms with van der Waals surface area (Å²) in [6.07, 6.45) is -2.02. The number of alkyl halides is 3. The summed E-state index contributed by atoms with van der Waals surface area (Å²) >= 11 is 0. The average molecular weight is 450 g/mol. The van der Waals surface area contributed by atoms with Gasteiger partial charge in [0.2, 0.25) is 5.91 Å². The third-order valence-corrected chi connectivity index (χ3v) is 4.76. The Morgan fingerprint density at radius 2 is 1.88 bits per heavy atom. The molecule has 2 amide bonds. The van der Waals surface area contributed by atoms with E-state index >= 15 is 0 Å². The Bertz CT molecular complexity index is 1010. The van der Waals surface area contributed by atoms with Crippen molar-refractivity contribution in [2.75, 3.05) is 11.4 Å². The fraction of sp³-hybridized carbons (Fsp3) is 0.409. The molecule has 0 radical (unpaired) electrons. The average Bonchev–Trinajstić information content (AvgIpc) is 3.08. The topological polar surface area (TPSA) is 76.5 Å². The molecule has 32 heavy (non-hydrogen) atoms. The van der Waals surface area contributed by atoms with E-state index in [4.69, 9.17) is 4.74 Å². The van der Waals surface area contributed by atoms with E-state index in [1.165, 1.54) is 17.0 Å². The van der Waals surface area contributed by atoms with Crippen molar-refractivity contribution in [1.29, 1.82) is 0 Å². The van der Waals surface area contributed by atoms with Crippen LogP contribution < -0.4 is 10.2 Å². The molecule has 3 rings (SSSR count). The second-order valence-electron chi connectivity index (χ2n) is 8.55. The van der Waals surface area contributed by atoms with Gasteiger partial charge in [-0.05, 0) is 44.5 Å². The van der Waals surface area contributed by atoms with E-state index in [-0.39, 0.29) is 18.9 Å². The number of amides is 2. The van der Waals surface area contributed by atoms with Gasteiger partial charge in [0.25, 0.3) is 0 Å². The third-order valence-electron chi connectivity index (χ3n) is 4.76. The Morgan fingerprint density at radius 3 is 2.44 bits per heavy atom. The molecule has 172 valence electrons. The predicted molar refractivity (Wildman–Crippen MR) is 112 cm³/mol. The highest BCUT2D eigenvalue weighted by Gasteiger charge is 2.35. The lowest BCUT2D eigenvalue weighted by atomic mass is 10.0. The second-order valence-corrected chi connectivity index (χ2v) is 8.55. The molecule has 1 N–H and O–H groups in total. The summed E-state index contributed by atoms with van der Waals surface area (Å²) in [6.45, 7) is 9.14. The molecule has 2 heterocycles. The number of fused-ring (bicyclic) bond motifs is 1. The molecule has 0 aliphatic carbocycles. The second kappa shape index (κ2) is 8.68. The molecule has 0 spiro atoms. The zero-order chi connectivity index (χ0) is 23.7. The summed E-state index contributed by atoms with van der Waals surface area (Å²) in [5.74, 6) is 0.114. The molecule has 0 saturated carbocycles. The van der Waals surface area contributed by atoms with Gasteiger partial charge in [0.1, 0.15) is 11.4 Å². The first-order valence-corrected chi connectivity index (χ1v) is 10.0. The Balaban J connectivity index is 1.91. The number of rotatable bonds is 4. The third kappa shape index (κ3) is 5.49. The Kier molecular flexibility index (Phi) is 6.34. The van der Waals surface area contributed by atoms with Gasteiger partial charge in [0, 0.05) is 12.0 Å². The van der Waals surface area contributed by atoms with Gasteiger partial charge in [-0.2, -0.15) is 18.3 Å². The van der Waals surface area contributed by atoms with E-state index in [2.05, 4.69) is 17.0 Å². The highest BCUT2D eigenvalue weighted by Crippen LogP contribution is 2.31. The van der Waals surface area contributed by atoms with Crippen LogP contribution in [0.15, 0.2) is 43.1 Å². The summed E-state index contributed by atoms with van der Waals surface area (Å²) in [7, 11) is 0. The van der Waals surface area contributed by atoms with Gasteiger partial charge >= 0.3 is 12.3 Å². The molecule has 0 saturated heterocycles. The first-order chi connectivity index (χ1) is 14.9. The lowest BCUT2D eigenvalue weighted by Crippen LogP contribution is -2.53. The van der Waals surface area contributed by atoms with E-state index < -0.39 is 29.5 Å². The van der Waals surface area contributed by atoms with Crippen LogP contribution in [0.3, 0.4) is 0 Å². The van der Waals surface area contributed by atoms with E-state index in [9.17, 15) is 22.8 Å². The van der Waals surface area contributed by atoms with Crippen molar-refractivity contribution in [3.8, 4) is 0 Å². The molecule has 1 aliphatic rings. The first-order valence-electron chi connectivity index (χ1n) is 10.0. The maximum atomic E-state index is 12.9. The number of halogens is 3. The highest BCUT2D eigenvalue weighted by atomic mass is 19.4. The van der Waals surface area contributed by atoms with Gasteiger partial charge in [-0.3, -0.25) is 9.69 Å².